The van der Waals surface area contributed by atoms with Crippen molar-refractivity contribution >= 4 is 23.5 Å². The molecule has 3 aliphatic carbocycles. The molecule has 2 fully saturated rings. The Balaban J connectivity index is 1.59. The Kier molecular flexibility index (Phi) is 3.88. The molecule has 3 aliphatic rings. The molecule has 0 radical (unpaired) electrons. The van der Waals surface area contributed by atoms with E-state index in [0.717, 1.165) is 12.8 Å². The molecule has 2 saturated carbocycles. The van der Waals surface area contributed by atoms with E-state index in [0.29, 0.717) is 0 Å². The van der Waals surface area contributed by atoms with Crippen molar-refractivity contribution in [2.45, 2.75) is 46.8 Å². The summed E-state index contributed by atoms with van der Waals surface area (Å²) < 4.78 is -0.257. The molecule has 5 rings (SSSR count). The van der Waals surface area contributed by atoms with Crippen molar-refractivity contribution in [1.29, 1.82) is 5.26 Å². The molecule has 2 aromatic carbocycles. The molecule has 0 aliphatic heterocycles. The topological polar surface area (TPSA) is 49.8 Å². The van der Waals surface area contributed by atoms with Gasteiger partial charge in [0, 0.05) is 15.7 Å². The van der Waals surface area contributed by atoms with Crippen molar-refractivity contribution in [2.75, 3.05) is 0 Å². The van der Waals surface area contributed by atoms with Crippen LogP contribution >= 0.6 is 23.5 Å². The van der Waals surface area contributed by atoms with Crippen LogP contribution in [0.2, 0.25) is 0 Å². The average Bonchev–Trinajstić information content (AvgIpc) is 3.08. The van der Waals surface area contributed by atoms with Gasteiger partial charge in [-0.1, -0.05) is 68.1 Å². The van der Waals surface area contributed by atoms with E-state index in [1.165, 1.54) is 14.7 Å². The highest BCUT2D eigenvalue weighted by molar-refractivity contribution is 8.03. The zero-order valence-electron chi connectivity index (χ0n) is 16.2. The lowest BCUT2D eigenvalue weighted by Gasteiger charge is -2.48. The molecule has 5 atom stereocenters. The number of benzene rings is 2. The van der Waals surface area contributed by atoms with Gasteiger partial charge in [-0.05, 0) is 52.8 Å². The van der Waals surface area contributed by atoms with Gasteiger partial charge in [0.25, 0.3) is 0 Å². The Morgan fingerprint density at radius 3 is 2.18 bits per heavy atom. The number of hydrogen-bond donors (Lipinski definition) is 1. The van der Waals surface area contributed by atoms with Gasteiger partial charge in [0.1, 0.15) is 5.54 Å². The van der Waals surface area contributed by atoms with Crippen LogP contribution in [0.3, 0.4) is 0 Å². The lowest BCUT2D eigenvalue weighted by atomic mass is 9.60. The highest BCUT2D eigenvalue weighted by Crippen LogP contribution is 2.81. The first-order valence-electron chi connectivity index (χ1n) is 9.76. The zero-order chi connectivity index (χ0) is 19.6. The fourth-order valence-electron chi connectivity index (χ4n) is 6.04. The maximum atomic E-state index is 10.4. The molecule has 0 aromatic heterocycles. The van der Waals surface area contributed by atoms with Gasteiger partial charge >= 0.3 is 0 Å². The Labute approximate surface area is 175 Å². The average molecular weight is 405 g/mol. The molecule has 0 saturated heterocycles. The fraction of sp³-hybridized carbons (Fsp3) is 0.375. The monoisotopic (exact) mass is 404 g/mol. The minimum absolute atomic E-state index is 0.0242. The Morgan fingerprint density at radius 2 is 1.57 bits per heavy atom. The van der Waals surface area contributed by atoms with Crippen molar-refractivity contribution in [3.63, 3.8) is 0 Å². The molecule has 2 bridgehead atoms. The van der Waals surface area contributed by atoms with Gasteiger partial charge in [-0.15, -0.1) is 11.8 Å². The van der Waals surface area contributed by atoms with E-state index < -0.39 is 5.54 Å². The SMILES string of the molecule is CC12C=C(Sc3ccccc3)C3[C@](N)(C#N)C(Sc4ccccc4)(C1)C[C@@]32C. The number of nitriles is 1. The van der Waals surface area contributed by atoms with Crippen molar-refractivity contribution in [3.8, 4) is 6.07 Å². The number of hydrogen-bond acceptors (Lipinski definition) is 4. The zero-order valence-corrected chi connectivity index (χ0v) is 17.8. The van der Waals surface area contributed by atoms with Crippen LogP contribution in [-0.4, -0.2) is 10.3 Å². The lowest BCUT2D eigenvalue weighted by molar-refractivity contribution is 0.0958. The highest BCUT2D eigenvalue weighted by Gasteiger charge is 2.80. The van der Waals surface area contributed by atoms with Gasteiger partial charge in [0.2, 0.25) is 0 Å². The van der Waals surface area contributed by atoms with E-state index in [9.17, 15) is 5.26 Å². The van der Waals surface area contributed by atoms with Crippen LogP contribution in [0, 0.1) is 28.1 Å². The van der Waals surface area contributed by atoms with E-state index in [1.807, 2.05) is 23.9 Å². The highest BCUT2D eigenvalue weighted by atomic mass is 32.2. The normalized spacial score (nSPS) is 40.4. The number of fused-ring (bicyclic) bond motifs is 1. The summed E-state index contributed by atoms with van der Waals surface area (Å²) in [5.74, 6) is 0.0742. The van der Waals surface area contributed by atoms with Gasteiger partial charge < -0.3 is 5.73 Å². The van der Waals surface area contributed by atoms with Gasteiger partial charge in [0.05, 0.1) is 10.8 Å². The summed E-state index contributed by atoms with van der Waals surface area (Å²) in [5.41, 5.74) is 6.29. The number of nitrogens with two attached hydrogens (primary N) is 1. The number of allylic oxidation sites excluding steroid dienone is 1. The minimum Gasteiger partial charge on any atom is -0.312 e. The van der Waals surface area contributed by atoms with Crippen molar-refractivity contribution in [1.82, 2.24) is 0 Å². The summed E-state index contributed by atoms with van der Waals surface area (Å²) >= 11 is 3.63. The van der Waals surface area contributed by atoms with E-state index in [1.54, 1.807) is 11.8 Å². The van der Waals surface area contributed by atoms with Crippen LogP contribution in [-0.2, 0) is 0 Å². The third-order valence-electron chi connectivity index (χ3n) is 7.42. The molecule has 2 N–H and O–H groups in total. The number of nitrogens with zero attached hydrogens (tertiary/aromatic N) is 1. The van der Waals surface area contributed by atoms with Crippen LogP contribution < -0.4 is 5.73 Å². The van der Waals surface area contributed by atoms with Crippen molar-refractivity contribution in [2.24, 2.45) is 22.5 Å². The smallest absolute Gasteiger partial charge is 0.127 e. The number of thioether (sulfide) groups is 2. The largest absolute Gasteiger partial charge is 0.312 e. The predicted molar refractivity (Wildman–Crippen MR) is 117 cm³/mol. The second-order valence-electron chi connectivity index (χ2n) is 8.97. The Morgan fingerprint density at radius 1 is 0.964 bits per heavy atom. The van der Waals surface area contributed by atoms with Gasteiger partial charge in [0.15, 0.2) is 0 Å². The molecular formula is C24H24N2S2. The van der Waals surface area contributed by atoms with Crippen molar-refractivity contribution in [3.05, 3.63) is 71.6 Å². The summed E-state index contributed by atoms with van der Waals surface area (Å²) in [4.78, 5) is 3.71. The quantitative estimate of drug-likeness (QED) is 0.693. The first-order valence-corrected chi connectivity index (χ1v) is 11.4. The number of rotatable bonds is 4. The first kappa shape index (κ1) is 18.4. The van der Waals surface area contributed by atoms with Gasteiger partial charge in [-0.3, -0.25) is 0 Å². The van der Waals surface area contributed by atoms with Crippen LogP contribution in [0.25, 0.3) is 0 Å². The van der Waals surface area contributed by atoms with E-state index in [2.05, 4.69) is 74.5 Å². The minimum atomic E-state index is -0.869. The van der Waals surface area contributed by atoms with Crippen LogP contribution in [0.4, 0.5) is 0 Å². The molecule has 2 nitrogen and oxygen atoms in total. The van der Waals surface area contributed by atoms with Gasteiger partial charge in [-0.2, -0.15) is 5.26 Å². The first-order chi connectivity index (χ1) is 13.4. The van der Waals surface area contributed by atoms with Crippen molar-refractivity contribution < 1.29 is 0 Å². The van der Waals surface area contributed by atoms with E-state index in [-0.39, 0.29) is 21.5 Å². The predicted octanol–water partition coefficient (Wildman–Crippen LogP) is 5.86. The van der Waals surface area contributed by atoms with E-state index >= 15 is 0 Å². The molecular weight excluding hydrogens is 380 g/mol. The van der Waals surface area contributed by atoms with E-state index in [4.69, 9.17) is 5.73 Å². The second-order valence-corrected chi connectivity index (χ2v) is 11.6. The molecule has 0 heterocycles. The van der Waals surface area contributed by atoms with Crippen LogP contribution in [0.1, 0.15) is 26.7 Å². The summed E-state index contributed by atoms with van der Waals surface area (Å²) in [6, 6.07) is 23.5. The standard InChI is InChI=1S/C24H24N2S2/c1-21-13-19(27-17-9-5-3-6-10-17)20-22(21,2)15-23(14-21,24(20,26)16-25)28-18-11-7-4-8-12-18/h3-13,20H,14-15,26H2,1-2H3/t20?,21?,22-,23?,24+/m0/s1. The maximum Gasteiger partial charge on any atom is 0.127 e. The molecule has 2 aromatic rings. The maximum absolute atomic E-state index is 10.4. The second kappa shape index (κ2) is 5.92. The third-order valence-corrected chi connectivity index (χ3v) is 10.0. The summed E-state index contributed by atoms with van der Waals surface area (Å²) in [6.07, 6.45) is 4.39. The fourth-order valence-corrected chi connectivity index (χ4v) is 9.31. The van der Waals surface area contributed by atoms with Gasteiger partial charge in [-0.25, -0.2) is 0 Å². The lowest BCUT2D eigenvalue weighted by Crippen LogP contribution is -2.61. The Bertz CT molecular complexity index is 998. The van der Waals surface area contributed by atoms with Crippen LogP contribution in [0.15, 0.2) is 81.4 Å². The molecule has 0 spiro atoms. The van der Waals surface area contributed by atoms with Crippen LogP contribution in [0.5, 0.6) is 0 Å². The summed E-state index contributed by atoms with van der Waals surface area (Å²) in [5, 5.41) is 10.4. The molecule has 28 heavy (non-hydrogen) atoms. The summed E-state index contributed by atoms with van der Waals surface area (Å²) in [6.45, 7) is 4.74. The molecule has 142 valence electrons. The Hall–Kier alpha value is -1.67. The third kappa shape index (κ3) is 2.21. The molecule has 0 amide bonds. The summed E-state index contributed by atoms with van der Waals surface area (Å²) in [7, 11) is 0. The molecule has 3 unspecified atom stereocenters. The molecule has 4 heteroatoms.